The van der Waals surface area contributed by atoms with E-state index in [9.17, 15) is 8.78 Å². The zero-order valence-electron chi connectivity index (χ0n) is 7.43. The second kappa shape index (κ2) is 2.91. The highest BCUT2D eigenvalue weighted by Crippen LogP contribution is 2.61. The minimum atomic E-state index is -2.70. The Morgan fingerprint density at radius 1 is 1.36 bits per heavy atom. The van der Waals surface area contributed by atoms with Gasteiger partial charge in [0.15, 0.2) is 0 Å². The van der Waals surface area contributed by atoms with Gasteiger partial charge in [-0.1, -0.05) is 29.8 Å². The third-order valence-electron chi connectivity index (χ3n) is 2.84. The highest BCUT2D eigenvalue weighted by Gasteiger charge is 2.71. The second-order valence-corrected chi connectivity index (χ2v) is 4.05. The minimum Gasteiger partial charge on any atom is -0.329 e. The zero-order valence-corrected chi connectivity index (χ0v) is 8.19. The summed E-state index contributed by atoms with van der Waals surface area (Å²) in [5, 5.41) is 0.370. The summed E-state index contributed by atoms with van der Waals surface area (Å²) >= 11 is 5.87. The summed E-state index contributed by atoms with van der Waals surface area (Å²) in [5.41, 5.74) is 4.66. The minimum absolute atomic E-state index is 0.0657. The van der Waals surface area contributed by atoms with Crippen LogP contribution >= 0.6 is 11.6 Å². The first-order chi connectivity index (χ1) is 6.53. The number of benzene rings is 1. The number of nitrogens with two attached hydrogens (primary N) is 1. The van der Waals surface area contributed by atoms with Crippen molar-refractivity contribution in [2.45, 2.75) is 17.8 Å². The molecule has 2 rings (SSSR count). The lowest BCUT2D eigenvalue weighted by atomic mass is 9.95. The van der Waals surface area contributed by atoms with Gasteiger partial charge in [-0.2, -0.15) is 0 Å². The molecule has 76 valence electrons. The zero-order chi connectivity index (χ0) is 10.4. The summed E-state index contributed by atoms with van der Waals surface area (Å²) in [6, 6.07) is 6.66. The lowest BCUT2D eigenvalue weighted by Gasteiger charge is -2.15. The SMILES string of the molecule is NCC1(c2ccccc2Cl)CC1(F)F. The van der Waals surface area contributed by atoms with Gasteiger partial charge in [-0.15, -0.1) is 0 Å². The van der Waals surface area contributed by atoms with Crippen molar-refractivity contribution in [1.82, 2.24) is 0 Å². The van der Waals surface area contributed by atoms with Crippen LogP contribution in [0.15, 0.2) is 24.3 Å². The van der Waals surface area contributed by atoms with E-state index < -0.39 is 11.3 Å². The van der Waals surface area contributed by atoms with E-state index in [1.807, 2.05) is 0 Å². The number of hydrogen-bond acceptors (Lipinski definition) is 1. The maximum atomic E-state index is 13.2. The Bertz CT molecular complexity index is 367. The van der Waals surface area contributed by atoms with E-state index in [4.69, 9.17) is 17.3 Å². The number of halogens is 3. The molecule has 0 radical (unpaired) electrons. The van der Waals surface area contributed by atoms with Gasteiger partial charge in [0.2, 0.25) is 0 Å². The third-order valence-corrected chi connectivity index (χ3v) is 3.17. The fourth-order valence-electron chi connectivity index (χ4n) is 1.81. The molecule has 0 bridgehead atoms. The Morgan fingerprint density at radius 2 is 1.93 bits per heavy atom. The smallest absolute Gasteiger partial charge is 0.260 e. The summed E-state index contributed by atoms with van der Waals surface area (Å²) in [4.78, 5) is 0. The second-order valence-electron chi connectivity index (χ2n) is 3.65. The van der Waals surface area contributed by atoms with Crippen LogP contribution in [0.1, 0.15) is 12.0 Å². The van der Waals surface area contributed by atoms with E-state index in [2.05, 4.69) is 0 Å². The first-order valence-electron chi connectivity index (χ1n) is 4.36. The largest absolute Gasteiger partial charge is 0.329 e. The number of alkyl halides is 2. The van der Waals surface area contributed by atoms with Crippen molar-refractivity contribution in [3.8, 4) is 0 Å². The molecule has 1 saturated carbocycles. The molecule has 1 aliphatic rings. The van der Waals surface area contributed by atoms with Gasteiger partial charge in [0, 0.05) is 18.0 Å². The van der Waals surface area contributed by atoms with Crippen molar-refractivity contribution >= 4 is 11.6 Å². The van der Waals surface area contributed by atoms with Crippen molar-refractivity contribution in [2.24, 2.45) is 5.73 Å². The molecule has 1 fully saturated rings. The molecule has 2 N–H and O–H groups in total. The van der Waals surface area contributed by atoms with E-state index >= 15 is 0 Å². The van der Waals surface area contributed by atoms with E-state index in [-0.39, 0.29) is 13.0 Å². The molecule has 0 spiro atoms. The molecule has 1 aliphatic carbocycles. The topological polar surface area (TPSA) is 26.0 Å². The van der Waals surface area contributed by atoms with Gasteiger partial charge < -0.3 is 5.73 Å². The summed E-state index contributed by atoms with van der Waals surface area (Å²) in [7, 11) is 0. The molecular formula is C10H10ClF2N. The highest BCUT2D eigenvalue weighted by molar-refractivity contribution is 6.31. The molecular weight excluding hydrogens is 208 g/mol. The molecule has 1 aromatic rings. The Kier molecular flexibility index (Phi) is 2.05. The maximum absolute atomic E-state index is 13.2. The third kappa shape index (κ3) is 1.16. The molecule has 0 amide bonds. The van der Waals surface area contributed by atoms with Crippen LogP contribution in [0.4, 0.5) is 8.78 Å². The van der Waals surface area contributed by atoms with Crippen LogP contribution in [-0.4, -0.2) is 12.5 Å². The lowest BCUT2D eigenvalue weighted by molar-refractivity contribution is 0.0896. The summed E-state index contributed by atoms with van der Waals surface area (Å²) < 4.78 is 26.4. The molecule has 14 heavy (non-hydrogen) atoms. The van der Waals surface area contributed by atoms with E-state index in [1.165, 1.54) is 0 Å². The summed E-state index contributed by atoms with van der Waals surface area (Å²) in [5.74, 6) is -2.70. The predicted molar refractivity (Wildman–Crippen MR) is 51.7 cm³/mol. The van der Waals surface area contributed by atoms with Gasteiger partial charge in [0.1, 0.15) is 0 Å². The molecule has 1 nitrogen and oxygen atoms in total. The van der Waals surface area contributed by atoms with Crippen molar-refractivity contribution in [3.63, 3.8) is 0 Å². The number of hydrogen-bond donors (Lipinski definition) is 1. The Morgan fingerprint density at radius 3 is 2.36 bits per heavy atom. The summed E-state index contributed by atoms with van der Waals surface area (Å²) in [6.45, 7) is -0.0657. The van der Waals surface area contributed by atoms with Crippen molar-refractivity contribution in [2.75, 3.05) is 6.54 Å². The lowest BCUT2D eigenvalue weighted by Crippen LogP contribution is -2.27. The first kappa shape index (κ1) is 9.87. The van der Waals surface area contributed by atoms with Crippen molar-refractivity contribution < 1.29 is 8.78 Å². The van der Waals surface area contributed by atoms with Crippen LogP contribution in [0.3, 0.4) is 0 Å². The monoisotopic (exact) mass is 217 g/mol. The van der Waals surface area contributed by atoms with E-state index in [0.717, 1.165) is 0 Å². The molecule has 0 saturated heterocycles. The van der Waals surface area contributed by atoms with Crippen molar-refractivity contribution in [3.05, 3.63) is 34.9 Å². The molecule has 0 heterocycles. The van der Waals surface area contributed by atoms with Crippen LogP contribution in [0.2, 0.25) is 5.02 Å². The Labute approximate surface area is 85.9 Å². The van der Waals surface area contributed by atoms with Crippen LogP contribution in [-0.2, 0) is 5.41 Å². The van der Waals surface area contributed by atoms with Gasteiger partial charge in [-0.3, -0.25) is 0 Å². The molecule has 0 aromatic heterocycles. The Hall–Kier alpha value is -0.670. The predicted octanol–water partition coefficient (Wildman–Crippen LogP) is 2.58. The van der Waals surface area contributed by atoms with Crippen LogP contribution < -0.4 is 5.73 Å². The van der Waals surface area contributed by atoms with Crippen LogP contribution in [0, 0.1) is 0 Å². The van der Waals surface area contributed by atoms with Gasteiger partial charge in [-0.05, 0) is 11.6 Å². The summed E-state index contributed by atoms with van der Waals surface area (Å²) in [6.07, 6.45) is -0.194. The molecule has 0 aliphatic heterocycles. The average molecular weight is 218 g/mol. The van der Waals surface area contributed by atoms with Crippen LogP contribution in [0.5, 0.6) is 0 Å². The fraction of sp³-hybridized carbons (Fsp3) is 0.400. The van der Waals surface area contributed by atoms with Gasteiger partial charge >= 0.3 is 0 Å². The molecule has 4 heteroatoms. The first-order valence-corrected chi connectivity index (χ1v) is 4.74. The average Bonchev–Trinajstić information content (AvgIpc) is 2.70. The van der Waals surface area contributed by atoms with Crippen LogP contribution in [0.25, 0.3) is 0 Å². The quantitative estimate of drug-likeness (QED) is 0.810. The Balaban J connectivity index is 2.46. The molecule has 1 aromatic carbocycles. The molecule has 1 unspecified atom stereocenters. The van der Waals surface area contributed by atoms with Gasteiger partial charge in [0.05, 0.1) is 5.41 Å². The van der Waals surface area contributed by atoms with E-state index in [0.29, 0.717) is 10.6 Å². The van der Waals surface area contributed by atoms with Gasteiger partial charge in [-0.25, -0.2) is 8.78 Å². The molecule has 1 atom stereocenters. The fourth-order valence-corrected chi connectivity index (χ4v) is 2.12. The standard InChI is InChI=1S/C10H10ClF2N/c11-8-4-2-1-3-7(8)9(6-14)5-10(9,12)13/h1-4H,5-6,14H2. The number of rotatable bonds is 2. The maximum Gasteiger partial charge on any atom is 0.260 e. The normalized spacial score (nSPS) is 28.9. The van der Waals surface area contributed by atoms with Crippen molar-refractivity contribution in [1.29, 1.82) is 0 Å². The van der Waals surface area contributed by atoms with Gasteiger partial charge in [0.25, 0.3) is 5.92 Å². The van der Waals surface area contributed by atoms with E-state index in [1.54, 1.807) is 24.3 Å². The highest BCUT2D eigenvalue weighted by atomic mass is 35.5.